The van der Waals surface area contributed by atoms with Gasteiger partial charge in [0.15, 0.2) is 0 Å². The highest BCUT2D eigenvalue weighted by atomic mass is 32.2. The van der Waals surface area contributed by atoms with Gasteiger partial charge in [0.05, 0.1) is 18.6 Å². The summed E-state index contributed by atoms with van der Waals surface area (Å²) in [6.07, 6.45) is 2.54. The van der Waals surface area contributed by atoms with Crippen molar-refractivity contribution in [2.75, 3.05) is 25.5 Å². The van der Waals surface area contributed by atoms with Gasteiger partial charge in [0.25, 0.3) is 0 Å². The van der Waals surface area contributed by atoms with Crippen molar-refractivity contribution >= 4 is 23.8 Å². The van der Waals surface area contributed by atoms with Crippen LogP contribution in [0.2, 0.25) is 0 Å². The molecule has 1 aliphatic rings. The fourth-order valence-corrected chi connectivity index (χ4v) is 2.90. The average molecular weight is 288 g/mol. The number of amides is 2. The van der Waals surface area contributed by atoms with Crippen molar-refractivity contribution in [1.29, 1.82) is 0 Å². The first-order chi connectivity index (χ1) is 9.07. The van der Waals surface area contributed by atoms with Crippen molar-refractivity contribution in [2.24, 2.45) is 0 Å². The van der Waals surface area contributed by atoms with Crippen molar-refractivity contribution in [2.45, 2.75) is 24.8 Å². The van der Waals surface area contributed by atoms with Gasteiger partial charge >= 0.3 is 12.0 Å². The topological polar surface area (TPSA) is 78.9 Å². The number of carboxylic acids is 1. The molecule has 0 aromatic carbocycles. The lowest BCUT2D eigenvalue weighted by atomic mass is 10.3. The molecule has 0 aromatic rings. The quantitative estimate of drug-likeness (QED) is 0.542. The average Bonchev–Trinajstić information content (AvgIpc) is 2.75. The summed E-state index contributed by atoms with van der Waals surface area (Å²) in [5, 5.41) is 11.6. The summed E-state index contributed by atoms with van der Waals surface area (Å²) in [5.41, 5.74) is 0. The van der Waals surface area contributed by atoms with Crippen molar-refractivity contribution in [3.63, 3.8) is 0 Å². The van der Waals surface area contributed by atoms with Crippen molar-refractivity contribution in [1.82, 2.24) is 10.2 Å². The van der Waals surface area contributed by atoms with E-state index in [2.05, 4.69) is 11.9 Å². The molecule has 2 unspecified atom stereocenters. The van der Waals surface area contributed by atoms with Gasteiger partial charge in [-0.3, -0.25) is 4.90 Å². The van der Waals surface area contributed by atoms with Crippen LogP contribution in [-0.4, -0.2) is 58.9 Å². The molecular formula is C12H20N2O4S. The van der Waals surface area contributed by atoms with Crippen LogP contribution in [-0.2, 0) is 9.53 Å². The summed E-state index contributed by atoms with van der Waals surface area (Å²) in [7, 11) is 0. The molecule has 108 valence electrons. The molecule has 1 heterocycles. The largest absolute Gasteiger partial charge is 0.480 e. The molecule has 7 heteroatoms. The van der Waals surface area contributed by atoms with Crippen LogP contribution >= 0.6 is 11.8 Å². The zero-order valence-corrected chi connectivity index (χ0v) is 11.8. The molecule has 0 aromatic heterocycles. The minimum Gasteiger partial charge on any atom is -0.480 e. The molecular weight excluding hydrogens is 268 g/mol. The van der Waals surface area contributed by atoms with E-state index in [1.807, 2.05) is 6.92 Å². The van der Waals surface area contributed by atoms with E-state index in [9.17, 15) is 9.59 Å². The van der Waals surface area contributed by atoms with Gasteiger partial charge in [-0.15, -0.1) is 18.3 Å². The number of hydrogen-bond acceptors (Lipinski definition) is 4. The van der Waals surface area contributed by atoms with Crippen molar-refractivity contribution < 1.29 is 19.4 Å². The fourth-order valence-electron chi connectivity index (χ4n) is 1.73. The Morgan fingerprint density at radius 1 is 1.58 bits per heavy atom. The first-order valence-electron chi connectivity index (χ1n) is 6.17. The Balaban J connectivity index is 2.31. The summed E-state index contributed by atoms with van der Waals surface area (Å²) in [4.78, 5) is 24.3. The zero-order chi connectivity index (χ0) is 14.3. The second-order valence-corrected chi connectivity index (χ2v) is 5.46. The van der Waals surface area contributed by atoms with E-state index < -0.39 is 12.0 Å². The second-order valence-electron chi connectivity index (χ2n) is 4.12. The Morgan fingerprint density at radius 2 is 2.32 bits per heavy atom. The third kappa shape index (κ3) is 4.76. The number of ether oxygens (including phenoxy) is 1. The molecule has 1 aliphatic heterocycles. The Morgan fingerprint density at radius 3 is 2.95 bits per heavy atom. The summed E-state index contributed by atoms with van der Waals surface area (Å²) in [5.74, 6) is -0.533. The van der Waals surface area contributed by atoms with E-state index in [1.54, 1.807) is 6.08 Å². The SMILES string of the molecule is C=CCCOCCNC(=O)N1C(C)SCC1C(=O)O. The minimum atomic E-state index is -0.964. The normalized spacial score (nSPS) is 22.3. The molecule has 0 radical (unpaired) electrons. The summed E-state index contributed by atoms with van der Waals surface area (Å²) in [6, 6.07) is -1.10. The van der Waals surface area contributed by atoms with Crippen LogP contribution in [0.25, 0.3) is 0 Å². The maximum Gasteiger partial charge on any atom is 0.327 e. The van der Waals surface area contributed by atoms with Gasteiger partial charge in [-0.1, -0.05) is 6.08 Å². The lowest BCUT2D eigenvalue weighted by molar-refractivity contribution is -0.141. The standard InChI is InChI=1S/C12H20N2O4S/c1-3-4-6-18-7-5-13-12(17)14-9(2)19-8-10(14)11(15)16/h3,9-10H,1,4-8H2,2H3,(H,13,17)(H,15,16). The second kappa shape index (κ2) is 8.06. The number of urea groups is 1. The maximum atomic E-state index is 11.9. The number of thioether (sulfide) groups is 1. The Labute approximate surface area is 117 Å². The maximum absolute atomic E-state index is 11.9. The molecule has 19 heavy (non-hydrogen) atoms. The van der Waals surface area contributed by atoms with E-state index in [4.69, 9.17) is 9.84 Å². The summed E-state index contributed by atoms with van der Waals surface area (Å²) in [6.45, 7) is 6.76. The van der Waals surface area contributed by atoms with E-state index in [1.165, 1.54) is 16.7 Å². The van der Waals surface area contributed by atoms with Gasteiger partial charge in [0, 0.05) is 12.3 Å². The van der Waals surface area contributed by atoms with Gasteiger partial charge in [0.1, 0.15) is 6.04 Å². The highest BCUT2D eigenvalue weighted by Crippen LogP contribution is 2.28. The van der Waals surface area contributed by atoms with Crippen LogP contribution in [0.3, 0.4) is 0 Å². The van der Waals surface area contributed by atoms with E-state index in [0.29, 0.717) is 25.5 Å². The molecule has 0 saturated carbocycles. The number of carbonyl (C=O) groups excluding carboxylic acids is 1. The van der Waals surface area contributed by atoms with Crippen LogP contribution in [0.15, 0.2) is 12.7 Å². The lowest BCUT2D eigenvalue weighted by Crippen LogP contribution is -2.50. The Bertz CT molecular complexity index is 338. The predicted octanol–water partition coefficient (Wildman–Crippen LogP) is 1.14. The van der Waals surface area contributed by atoms with Gasteiger partial charge in [-0.05, 0) is 13.3 Å². The van der Waals surface area contributed by atoms with Crippen LogP contribution < -0.4 is 5.32 Å². The molecule has 6 nitrogen and oxygen atoms in total. The van der Waals surface area contributed by atoms with Gasteiger partial charge in [-0.25, -0.2) is 9.59 Å². The fraction of sp³-hybridized carbons (Fsp3) is 0.667. The van der Waals surface area contributed by atoms with Crippen LogP contribution in [0.5, 0.6) is 0 Å². The zero-order valence-electron chi connectivity index (χ0n) is 11.0. The molecule has 0 bridgehead atoms. The monoisotopic (exact) mass is 288 g/mol. The molecule has 1 saturated heterocycles. The van der Waals surface area contributed by atoms with E-state index in [-0.39, 0.29) is 11.4 Å². The van der Waals surface area contributed by atoms with Crippen LogP contribution in [0.1, 0.15) is 13.3 Å². The number of carbonyl (C=O) groups is 2. The summed E-state index contributed by atoms with van der Waals surface area (Å²) >= 11 is 1.46. The number of nitrogens with zero attached hydrogens (tertiary/aromatic N) is 1. The van der Waals surface area contributed by atoms with Crippen LogP contribution in [0.4, 0.5) is 4.79 Å². The number of carboxylic acid groups (broad SMARTS) is 1. The van der Waals surface area contributed by atoms with Gasteiger partial charge in [0.2, 0.25) is 0 Å². The summed E-state index contributed by atoms with van der Waals surface area (Å²) < 4.78 is 5.26. The number of hydrogen-bond donors (Lipinski definition) is 2. The highest BCUT2D eigenvalue weighted by Gasteiger charge is 2.39. The molecule has 2 N–H and O–H groups in total. The number of rotatable bonds is 7. The van der Waals surface area contributed by atoms with E-state index >= 15 is 0 Å². The molecule has 1 rings (SSSR count). The first-order valence-corrected chi connectivity index (χ1v) is 7.22. The third-order valence-electron chi connectivity index (χ3n) is 2.73. The number of aliphatic carboxylic acids is 1. The van der Waals surface area contributed by atoms with Crippen molar-refractivity contribution in [3.8, 4) is 0 Å². The minimum absolute atomic E-state index is 0.122. The van der Waals surface area contributed by atoms with Crippen LogP contribution in [0, 0.1) is 0 Å². The molecule has 2 amide bonds. The Kier molecular flexibility index (Phi) is 6.72. The smallest absolute Gasteiger partial charge is 0.327 e. The molecule has 2 atom stereocenters. The lowest BCUT2D eigenvalue weighted by Gasteiger charge is -2.25. The van der Waals surface area contributed by atoms with E-state index in [0.717, 1.165) is 6.42 Å². The Hall–Kier alpha value is -1.21. The molecule has 1 fully saturated rings. The van der Waals surface area contributed by atoms with Gasteiger partial charge in [-0.2, -0.15) is 0 Å². The van der Waals surface area contributed by atoms with Crippen molar-refractivity contribution in [3.05, 3.63) is 12.7 Å². The number of nitrogens with one attached hydrogen (secondary N) is 1. The van der Waals surface area contributed by atoms with Gasteiger partial charge < -0.3 is 15.2 Å². The highest BCUT2D eigenvalue weighted by molar-refractivity contribution is 8.00. The molecule has 0 spiro atoms. The first kappa shape index (κ1) is 15.8. The third-order valence-corrected chi connectivity index (χ3v) is 3.95. The predicted molar refractivity (Wildman–Crippen MR) is 74.2 cm³/mol. The molecule has 0 aliphatic carbocycles.